The summed E-state index contributed by atoms with van der Waals surface area (Å²) in [5.41, 5.74) is 1.04. The predicted octanol–water partition coefficient (Wildman–Crippen LogP) is 3.72. The number of nitriles is 1. The van der Waals surface area contributed by atoms with Crippen LogP contribution in [0.1, 0.15) is 36.7 Å². The molecule has 0 saturated carbocycles. The summed E-state index contributed by atoms with van der Waals surface area (Å²) in [4.78, 5) is 12.0. The molecule has 0 atom stereocenters. The Balaban J connectivity index is 2.86. The highest BCUT2D eigenvalue weighted by Gasteiger charge is 2.40. The van der Waals surface area contributed by atoms with Crippen molar-refractivity contribution in [1.29, 1.82) is 5.26 Å². The van der Waals surface area contributed by atoms with Gasteiger partial charge in [-0.25, -0.2) is 4.79 Å². The van der Waals surface area contributed by atoms with Crippen molar-refractivity contribution in [2.24, 2.45) is 0 Å². The molecule has 0 heterocycles. The second-order valence-electron chi connectivity index (χ2n) is 5.84. The van der Waals surface area contributed by atoms with Crippen molar-refractivity contribution in [1.82, 2.24) is 0 Å². The van der Waals surface area contributed by atoms with Crippen LogP contribution in [0.5, 0.6) is 0 Å². The Kier molecular flexibility index (Phi) is 3.97. The van der Waals surface area contributed by atoms with Gasteiger partial charge in [0.25, 0.3) is 8.32 Å². The van der Waals surface area contributed by atoms with Crippen molar-refractivity contribution in [3.05, 3.63) is 35.4 Å². The number of carbonyl (C=O) groups is 1. The molecule has 0 spiro atoms. The van der Waals surface area contributed by atoms with Gasteiger partial charge in [0.2, 0.25) is 0 Å². The van der Waals surface area contributed by atoms with Crippen LogP contribution in [0.3, 0.4) is 0 Å². The van der Waals surface area contributed by atoms with Crippen molar-refractivity contribution in [2.75, 3.05) is 0 Å². The second kappa shape index (κ2) is 4.95. The van der Waals surface area contributed by atoms with Gasteiger partial charge in [-0.05, 0) is 42.4 Å². The Labute approximate surface area is 110 Å². The number of hydrogen-bond donors (Lipinski definition) is 0. The van der Waals surface area contributed by atoms with Crippen LogP contribution in [0.15, 0.2) is 24.3 Å². The first-order valence-corrected chi connectivity index (χ1v) is 8.82. The van der Waals surface area contributed by atoms with Crippen LogP contribution in [0, 0.1) is 11.3 Å². The molecule has 0 saturated heterocycles. The maximum absolute atomic E-state index is 12.0. The number of nitrogens with zero attached hydrogens (tertiary/aromatic N) is 1. The first-order valence-electron chi connectivity index (χ1n) is 5.91. The molecule has 1 aromatic rings. The normalized spacial score (nSPS) is 11.8. The van der Waals surface area contributed by atoms with E-state index in [0.29, 0.717) is 11.1 Å². The van der Waals surface area contributed by atoms with Crippen LogP contribution >= 0.6 is 0 Å². The van der Waals surface area contributed by atoms with Crippen LogP contribution in [0.4, 0.5) is 0 Å². The van der Waals surface area contributed by atoms with Crippen molar-refractivity contribution < 1.29 is 9.22 Å². The van der Waals surface area contributed by atoms with E-state index in [0.717, 1.165) is 0 Å². The number of rotatable bonds is 2. The minimum Gasteiger partial charge on any atom is -0.516 e. The Morgan fingerprint density at radius 3 is 2.11 bits per heavy atom. The molecular weight excluding hydrogens is 242 g/mol. The third-order valence-corrected chi connectivity index (χ3v) is 7.71. The van der Waals surface area contributed by atoms with E-state index in [9.17, 15) is 4.79 Å². The van der Waals surface area contributed by atoms with Gasteiger partial charge in [-0.1, -0.05) is 20.8 Å². The van der Waals surface area contributed by atoms with Crippen LogP contribution in [0.25, 0.3) is 0 Å². The number of carbonyl (C=O) groups excluding carboxylic acids is 1. The molecule has 4 heteroatoms. The lowest BCUT2D eigenvalue weighted by Gasteiger charge is -2.35. The Morgan fingerprint density at radius 2 is 1.72 bits per heavy atom. The molecule has 1 aromatic carbocycles. The zero-order valence-electron chi connectivity index (χ0n) is 11.6. The Bertz CT molecular complexity index is 478. The molecule has 0 unspecified atom stereocenters. The number of hydrogen-bond acceptors (Lipinski definition) is 3. The minimum atomic E-state index is -2.09. The van der Waals surface area contributed by atoms with Crippen LogP contribution in [-0.2, 0) is 4.43 Å². The van der Waals surface area contributed by atoms with E-state index in [1.165, 1.54) is 0 Å². The summed E-state index contributed by atoms with van der Waals surface area (Å²) in [5, 5.41) is 8.70. The third-order valence-electron chi connectivity index (χ3n) is 3.40. The van der Waals surface area contributed by atoms with Gasteiger partial charge < -0.3 is 4.43 Å². The molecular formula is C14H19NO2Si. The van der Waals surface area contributed by atoms with E-state index in [1.807, 2.05) is 19.2 Å². The monoisotopic (exact) mass is 261 g/mol. The van der Waals surface area contributed by atoms with Gasteiger partial charge in [-0.3, -0.25) is 0 Å². The maximum Gasteiger partial charge on any atom is 0.324 e. The summed E-state index contributed by atoms with van der Waals surface area (Å²) in [6.45, 7) is 10.3. The molecule has 0 aliphatic carbocycles. The topological polar surface area (TPSA) is 50.1 Å². The molecule has 18 heavy (non-hydrogen) atoms. The molecule has 96 valence electrons. The van der Waals surface area contributed by atoms with Gasteiger partial charge in [-0.15, -0.1) is 0 Å². The molecule has 3 nitrogen and oxygen atoms in total. The Hall–Kier alpha value is -1.60. The smallest absolute Gasteiger partial charge is 0.324 e. The van der Waals surface area contributed by atoms with Crippen LogP contribution < -0.4 is 0 Å². The van der Waals surface area contributed by atoms with Gasteiger partial charge in [0.15, 0.2) is 0 Å². The quantitative estimate of drug-likeness (QED) is 0.762. The number of benzene rings is 1. The van der Waals surface area contributed by atoms with E-state index in [2.05, 4.69) is 20.8 Å². The van der Waals surface area contributed by atoms with Crippen LogP contribution in [-0.4, -0.2) is 14.3 Å². The highest BCUT2D eigenvalue weighted by atomic mass is 28.4. The van der Waals surface area contributed by atoms with E-state index in [4.69, 9.17) is 9.69 Å². The molecule has 0 aliphatic heterocycles. The molecule has 0 fully saturated rings. The molecule has 0 aromatic heterocycles. The zero-order valence-corrected chi connectivity index (χ0v) is 12.6. The van der Waals surface area contributed by atoms with E-state index < -0.39 is 8.32 Å². The maximum atomic E-state index is 12.0. The van der Waals surface area contributed by atoms with Crippen LogP contribution in [0.2, 0.25) is 18.1 Å². The highest BCUT2D eigenvalue weighted by molar-refractivity contribution is 6.75. The summed E-state index contributed by atoms with van der Waals surface area (Å²) in [6.07, 6.45) is 0. The summed E-state index contributed by atoms with van der Waals surface area (Å²) in [5.74, 6) is -0.300. The minimum absolute atomic E-state index is 0.00471. The fourth-order valence-corrected chi connectivity index (χ4v) is 2.01. The van der Waals surface area contributed by atoms with E-state index >= 15 is 0 Å². The summed E-state index contributed by atoms with van der Waals surface area (Å²) in [6, 6.07) is 8.54. The van der Waals surface area contributed by atoms with Crippen molar-refractivity contribution in [3.8, 4) is 6.07 Å². The first kappa shape index (κ1) is 14.5. The SMILES string of the molecule is CC(C)(C)[Si](C)(C)OC(=O)c1ccc(C#N)cc1. The lowest BCUT2D eigenvalue weighted by Crippen LogP contribution is -2.42. The van der Waals surface area contributed by atoms with Gasteiger partial charge in [0, 0.05) is 0 Å². The standard InChI is InChI=1S/C14H19NO2Si/c1-14(2,3)18(4,5)17-13(16)12-8-6-11(10-15)7-9-12/h6-9H,1-5H3. The molecule has 0 N–H and O–H groups in total. The second-order valence-corrected chi connectivity index (χ2v) is 10.6. The Morgan fingerprint density at radius 1 is 1.22 bits per heavy atom. The fourth-order valence-electron chi connectivity index (χ4n) is 1.12. The van der Waals surface area contributed by atoms with Gasteiger partial charge in [0.05, 0.1) is 17.2 Å². The summed E-state index contributed by atoms with van der Waals surface area (Å²) >= 11 is 0. The average Bonchev–Trinajstić information content (AvgIpc) is 2.27. The fraction of sp³-hybridized carbons (Fsp3) is 0.429. The summed E-state index contributed by atoms with van der Waals surface area (Å²) in [7, 11) is -2.09. The lowest BCUT2D eigenvalue weighted by atomic mass is 10.1. The molecule has 0 radical (unpaired) electrons. The van der Waals surface area contributed by atoms with E-state index in [1.54, 1.807) is 24.3 Å². The average molecular weight is 261 g/mol. The summed E-state index contributed by atoms with van der Waals surface area (Å²) < 4.78 is 5.68. The van der Waals surface area contributed by atoms with Crippen molar-refractivity contribution >= 4 is 14.3 Å². The molecule has 0 aliphatic rings. The van der Waals surface area contributed by atoms with E-state index in [-0.39, 0.29) is 11.0 Å². The van der Waals surface area contributed by atoms with Crippen molar-refractivity contribution in [2.45, 2.75) is 38.9 Å². The van der Waals surface area contributed by atoms with Gasteiger partial charge in [0.1, 0.15) is 0 Å². The lowest BCUT2D eigenvalue weighted by molar-refractivity contribution is 0.0712. The first-order chi connectivity index (χ1) is 8.17. The molecule has 0 bridgehead atoms. The predicted molar refractivity (Wildman–Crippen MR) is 73.8 cm³/mol. The van der Waals surface area contributed by atoms with Crippen molar-refractivity contribution in [3.63, 3.8) is 0 Å². The zero-order chi connectivity index (χ0) is 14.0. The molecule has 1 rings (SSSR count). The highest BCUT2D eigenvalue weighted by Crippen LogP contribution is 2.37. The largest absolute Gasteiger partial charge is 0.516 e. The van der Waals surface area contributed by atoms with Gasteiger partial charge in [-0.2, -0.15) is 5.26 Å². The molecule has 0 amide bonds. The third kappa shape index (κ3) is 3.20. The van der Waals surface area contributed by atoms with Gasteiger partial charge >= 0.3 is 5.97 Å².